The van der Waals surface area contributed by atoms with Crippen molar-refractivity contribution >= 4 is 31.9 Å². The predicted octanol–water partition coefficient (Wildman–Crippen LogP) is 7.09. The van der Waals surface area contributed by atoms with Gasteiger partial charge in [0, 0.05) is 26.5 Å². The molecule has 0 fully saturated rings. The molecule has 39 heavy (non-hydrogen) atoms. The Morgan fingerprint density at radius 3 is 1.23 bits per heavy atom. The zero-order valence-corrected chi connectivity index (χ0v) is 23.7. The van der Waals surface area contributed by atoms with E-state index in [0.29, 0.717) is 33.9 Å². The summed E-state index contributed by atoms with van der Waals surface area (Å²) in [7, 11) is 0. The van der Waals surface area contributed by atoms with E-state index in [4.69, 9.17) is 0 Å². The smallest absolute Gasteiger partial charge is 0.275 e. The first kappa shape index (κ1) is 25.2. The van der Waals surface area contributed by atoms with E-state index in [1.54, 1.807) is 0 Å². The molecule has 6 rings (SSSR count). The van der Waals surface area contributed by atoms with Crippen molar-refractivity contribution in [2.24, 2.45) is 0 Å². The maximum absolute atomic E-state index is 13.9. The van der Waals surface area contributed by atoms with Crippen molar-refractivity contribution in [3.63, 3.8) is 0 Å². The number of aromatic nitrogens is 4. The fraction of sp³-hybridized carbons (Fsp3) is 0.0323. The SMILES string of the molecule is O=c1c(Cc2c(-c3ccccc3)[nH]n(-c3ccc(Br)cc3)c2=O)c(-c2ccccc2)[nH]n1-c1ccc(Br)cc1. The van der Waals surface area contributed by atoms with Crippen LogP contribution in [0.4, 0.5) is 0 Å². The maximum Gasteiger partial charge on any atom is 0.275 e. The lowest BCUT2D eigenvalue weighted by Gasteiger charge is -2.04. The van der Waals surface area contributed by atoms with Crippen LogP contribution in [-0.4, -0.2) is 19.6 Å². The van der Waals surface area contributed by atoms with Crippen molar-refractivity contribution in [2.75, 3.05) is 0 Å². The second-order valence-corrected chi connectivity index (χ2v) is 10.9. The minimum Gasteiger partial charge on any atom is -0.290 e. The van der Waals surface area contributed by atoms with Gasteiger partial charge in [0.15, 0.2) is 0 Å². The van der Waals surface area contributed by atoms with E-state index in [9.17, 15) is 9.59 Å². The topological polar surface area (TPSA) is 75.6 Å². The molecule has 0 aliphatic heterocycles. The van der Waals surface area contributed by atoms with Gasteiger partial charge in [0.25, 0.3) is 11.1 Å². The van der Waals surface area contributed by atoms with Crippen LogP contribution in [0.5, 0.6) is 0 Å². The number of nitrogens with zero attached hydrogens (tertiary/aromatic N) is 2. The molecule has 6 nitrogen and oxygen atoms in total. The lowest BCUT2D eigenvalue weighted by Crippen LogP contribution is -2.21. The fourth-order valence-electron chi connectivity index (χ4n) is 4.68. The van der Waals surface area contributed by atoms with E-state index in [2.05, 4.69) is 42.1 Å². The van der Waals surface area contributed by atoms with Crippen molar-refractivity contribution in [2.45, 2.75) is 6.42 Å². The first-order valence-electron chi connectivity index (χ1n) is 12.3. The van der Waals surface area contributed by atoms with E-state index in [1.165, 1.54) is 9.36 Å². The van der Waals surface area contributed by atoms with E-state index >= 15 is 0 Å². The third-order valence-electron chi connectivity index (χ3n) is 6.62. The lowest BCUT2D eigenvalue weighted by molar-refractivity contribution is 0.846. The van der Waals surface area contributed by atoms with Crippen LogP contribution < -0.4 is 11.1 Å². The molecule has 0 bridgehead atoms. The van der Waals surface area contributed by atoms with Crippen molar-refractivity contribution in [3.05, 3.63) is 150 Å². The summed E-state index contributed by atoms with van der Waals surface area (Å²) in [4.78, 5) is 27.8. The van der Waals surface area contributed by atoms with Crippen molar-refractivity contribution in [1.82, 2.24) is 19.6 Å². The van der Waals surface area contributed by atoms with Crippen LogP contribution in [-0.2, 0) is 6.42 Å². The van der Waals surface area contributed by atoms with Gasteiger partial charge in [0.2, 0.25) is 0 Å². The highest BCUT2D eigenvalue weighted by Gasteiger charge is 2.23. The molecule has 0 aliphatic rings. The highest BCUT2D eigenvalue weighted by atomic mass is 79.9. The molecule has 0 spiro atoms. The van der Waals surface area contributed by atoms with E-state index in [0.717, 1.165) is 20.1 Å². The Hall–Kier alpha value is -4.14. The number of hydrogen-bond acceptors (Lipinski definition) is 2. The zero-order valence-electron chi connectivity index (χ0n) is 20.6. The highest BCUT2D eigenvalue weighted by molar-refractivity contribution is 9.10. The molecule has 0 atom stereocenters. The molecule has 4 aromatic carbocycles. The first-order valence-corrected chi connectivity index (χ1v) is 13.9. The second kappa shape index (κ2) is 10.6. The summed E-state index contributed by atoms with van der Waals surface area (Å²) >= 11 is 6.92. The first-order chi connectivity index (χ1) is 19.0. The lowest BCUT2D eigenvalue weighted by atomic mass is 9.99. The molecule has 192 valence electrons. The molecule has 2 aromatic heterocycles. The number of aromatic amines is 2. The Bertz CT molecular complexity index is 1730. The second-order valence-electron chi connectivity index (χ2n) is 9.07. The minimum absolute atomic E-state index is 0.145. The zero-order chi connectivity index (χ0) is 26.9. The molecule has 2 heterocycles. The molecule has 0 unspecified atom stereocenters. The minimum atomic E-state index is -0.203. The molecule has 0 aliphatic carbocycles. The van der Waals surface area contributed by atoms with Crippen molar-refractivity contribution in [3.8, 4) is 33.9 Å². The third-order valence-corrected chi connectivity index (χ3v) is 7.68. The summed E-state index contributed by atoms with van der Waals surface area (Å²) < 4.78 is 4.91. The van der Waals surface area contributed by atoms with Gasteiger partial charge in [0.05, 0.1) is 22.8 Å². The number of hydrogen-bond donors (Lipinski definition) is 2. The van der Waals surface area contributed by atoms with Crippen LogP contribution in [0.1, 0.15) is 11.1 Å². The summed E-state index contributed by atoms with van der Waals surface area (Å²) in [5.41, 5.74) is 5.12. The highest BCUT2D eigenvalue weighted by Crippen LogP contribution is 2.27. The Balaban J connectivity index is 1.56. The standard InChI is InChI=1S/C31H22Br2N4O2/c32-22-11-15-24(16-12-22)36-30(38)26(28(34-36)20-7-3-1-4-8-20)19-27-29(21-9-5-2-6-10-21)35-37(31(27)39)25-17-13-23(33)14-18-25/h1-18,34-35H,19H2. The third kappa shape index (κ3) is 4.89. The van der Waals surface area contributed by atoms with Gasteiger partial charge in [-0.2, -0.15) is 0 Å². The number of halogens is 2. The average molecular weight is 642 g/mol. The Morgan fingerprint density at radius 1 is 0.513 bits per heavy atom. The number of nitrogens with one attached hydrogen (secondary N) is 2. The monoisotopic (exact) mass is 640 g/mol. The van der Waals surface area contributed by atoms with Crippen LogP contribution in [0, 0.1) is 0 Å². The molecule has 8 heteroatoms. The van der Waals surface area contributed by atoms with E-state index in [1.807, 2.05) is 109 Å². The molecule has 0 amide bonds. The number of rotatable bonds is 6. The van der Waals surface area contributed by atoms with Crippen LogP contribution in [0.3, 0.4) is 0 Å². The quantitative estimate of drug-likeness (QED) is 0.204. The average Bonchev–Trinajstić information content (AvgIpc) is 3.47. The summed E-state index contributed by atoms with van der Waals surface area (Å²) in [5, 5.41) is 6.62. The summed E-state index contributed by atoms with van der Waals surface area (Å²) in [6, 6.07) is 34.4. The largest absolute Gasteiger partial charge is 0.290 e. The molecule has 2 N–H and O–H groups in total. The Kier molecular flexibility index (Phi) is 6.81. The maximum atomic E-state index is 13.9. The van der Waals surface area contributed by atoms with Gasteiger partial charge in [-0.15, -0.1) is 0 Å². The predicted molar refractivity (Wildman–Crippen MR) is 162 cm³/mol. The van der Waals surface area contributed by atoms with Crippen molar-refractivity contribution in [1.29, 1.82) is 0 Å². The molecule has 0 radical (unpaired) electrons. The van der Waals surface area contributed by atoms with Gasteiger partial charge < -0.3 is 0 Å². The van der Waals surface area contributed by atoms with Gasteiger partial charge in [-0.1, -0.05) is 92.5 Å². The molecule has 0 saturated carbocycles. The van der Waals surface area contributed by atoms with Crippen LogP contribution in [0.2, 0.25) is 0 Å². The van der Waals surface area contributed by atoms with E-state index in [-0.39, 0.29) is 17.5 Å². The van der Waals surface area contributed by atoms with Gasteiger partial charge in [-0.3, -0.25) is 19.8 Å². The Labute approximate surface area is 240 Å². The van der Waals surface area contributed by atoms with Gasteiger partial charge >= 0.3 is 0 Å². The van der Waals surface area contributed by atoms with Crippen LogP contribution >= 0.6 is 31.9 Å². The van der Waals surface area contributed by atoms with Crippen LogP contribution in [0.15, 0.2) is 128 Å². The van der Waals surface area contributed by atoms with Crippen LogP contribution in [0.25, 0.3) is 33.9 Å². The normalized spacial score (nSPS) is 11.1. The number of benzene rings is 4. The van der Waals surface area contributed by atoms with Gasteiger partial charge in [-0.25, -0.2) is 9.36 Å². The summed E-state index contributed by atoms with van der Waals surface area (Å²) in [6.07, 6.45) is 0.145. The van der Waals surface area contributed by atoms with Crippen molar-refractivity contribution < 1.29 is 0 Å². The van der Waals surface area contributed by atoms with E-state index < -0.39 is 0 Å². The van der Waals surface area contributed by atoms with Gasteiger partial charge in [0.1, 0.15) is 0 Å². The number of H-pyrrole nitrogens is 2. The molecule has 0 saturated heterocycles. The van der Waals surface area contributed by atoms with Gasteiger partial charge in [-0.05, 0) is 59.7 Å². The molecular formula is C31H22Br2N4O2. The molecule has 6 aromatic rings. The molecular weight excluding hydrogens is 620 g/mol. The summed E-state index contributed by atoms with van der Waals surface area (Å²) in [5.74, 6) is 0. The summed E-state index contributed by atoms with van der Waals surface area (Å²) in [6.45, 7) is 0. The fourth-order valence-corrected chi connectivity index (χ4v) is 5.21. The Morgan fingerprint density at radius 2 is 0.872 bits per heavy atom.